The molecule has 2 heterocycles. The second kappa shape index (κ2) is 4.84. The molecule has 0 fully saturated rings. The Kier molecular flexibility index (Phi) is 3.25. The molecule has 0 saturated heterocycles. The predicted molar refractivity (Wildman–Crippen MR) is 56.6 cm³/mol. The van der Waals surface area contributed by atoms with E-state index in [-0.39, 0.29) is 0 Å². The third-order valence-electron chi connectivity index (χ3n) is 2.24. The molecule has 0 spiro atoms. The molecule has 0 aliphatic carbocycles. The topological polar surface area (TPSA) is 29.5 Å². The van der Waals surface area contributed by atoms with E-state index in [9.17, 15) is 0 Å². The molecular weight excluding hydrogens is 190 g/mol. The van der Waals surface area contributed by atoms with E-state index in [0.717, 1.165) is 24.6 Å². The highest BCUT2D eigenvalue weighted by molar-refractivity contribution is 5.01. The van der Waals surface area contributed by atoms with Crippen molar-refractivity contribution >= 4 is 0 Å². The lowest BCUT2D eigenvalue weighted by Crippen LogP contribution is -2.17. The summed E-state index contributed by atoms with van der Waals surface area (Å²) < 4.78 is 10.6. The molecule has 0 amide bonds. The predicted octanol–water partition coefficient (Wildman–Crippen LogP) is 3.06. The minimum Gasteiger partial charge on any atom is -0.468 e. The molecule has 0 N–H and O–H groups in total. The van der Waals surface area contributed by atoms with Crippen LogP contribution in [0.3, 0.4) is 0 Å². The van der Waals surface area contributed by atoms with E-state index in [1.165, 1.54) is 0 Å². The van der Waals surface area contributed by atoms with Gasteiger partial charge in [-0.05, 0) is 31.2 Å². The second-order valence-corrected chi connectivity index (χ2v) is 3.32. The zero-order valence-corrected chi connectivity index (χ0v) is 8.72. The Morgan fingerprint density at radius 1 is 1.07 bits per heavy atom. The van der Waals surface area contributed by atoms with Crippen LogP contribution in [-0.2, 0) is 13.1 Å². The van der Waals surface area contributed by atoms with Crippen LogP contribution in [0.15, 0.2) is 45.6 Å². The van der Waals surface area contributed by atoms with Gasteiger partial charge in [-0.1, -0.05) is 0 Å². The molecule has 2 aromatic heterocycles. The summed E-state index contributed by atoms with van der Waals surface area (Å²) in [6.45, 7) is 5.57. The maximum atomic E-state index is 5.29. The van der Waals surface area contributed by atoms with Crippen LogP contribution in [0.2, 0.25) is 0 Å². The normalized spacial score (nSPS) is 11.1. The molecule has 3 nitrogen and oxygen atoms in total. The van der Waals surface area contributed by atoms with Crippen molar-refractivity contribution in [3.05, 3.63) is 54.9 Å². The summed E-state index contributed by atoms with van der Waals surface area (Å²) in [5, 5.41) is 0. The third kappa shape index (κ3) is 2.73. The number of rotatable bonds is 5. The highest BCUT2D eigenvalue weighted by Crippen LogP contribution is 2.11. The van der Waals surface area contributed by atoms with Gasteiger partial charge >= 0.3 is 0 Å². The van der Waals surface area contributed by atoms with Gasteiger partial charge in [0.15, 0.2) is 0 Å². The molecule has 0 saturated carbocycles. The first-order valence-corrected chi connectivity index (χ1v) is 4.97. The van der Waals surface area contributed by atoms with Gasteiger partial charge in [-0.15, -0.1) is 0 Å². The van der Waals surface area contributed by atoms with Crippen LogP contribution in [-0.4, -0.2) is 4.90 Å². The summed E-state index contributed by atoms with van der Waals surface area (Å²) in [5.41, 5.74) is 0. The molecule has 0 aliphatic heterocycles. The van der Waals surface area contributed by atoms with Crippen molar-refractivity contribution in [2.75, 3.05) is 0 Å². The molecule has 0 atom stereocenters. The average Bonchev–Trinajstić information content (AvgIpc) is 2.89. The number of nitrogens with zero attached hydrogens (tertiary/aromatic N) is 1. The van der Waals surface area contributed by atoms with Crippen molar-refractivity contribution in [3.63, 3.8) is 0 Å². The van der Waals surface area contributed by atoms with Crippen molar-refractivity contribution in [1.29, 1.82) is 0 Å². The lowest BCUT2D eigenvalue weighted by Gasteiger charge is -2.16. The van der Waals surface area contributed by atoms with Crippen LogP contribution < -0.4 is 0 Å². The minimum atomic E-state index is 0.768. The molecule has 0 aromatic carbocycles. The highest BCUT2D eigenvalue weighted by Gasteiger charge is 2.08. The second-order valence-electron chi connectivity index (χ2n) is 3.32. The number of furan rings is 2. The fourth-order valence-electron chi connectivity index (χ4n) is 1.44. The van der Waals surface area contributed by atoms with Gasteiger partial charge in [0.2, 0.25) is 0 Å². The van der Waals surface area contributed by atoms with E-state index in [1.54, 1.807) is 12.5 Å². The van der Waals surface area contributed by atoms with E-state index < -0.39 is 0 Å². The zero-order chi connectivity index (χ0) is 10.5. The van der Waals surface area contributed by atoms with E-state index in [4.69, 9.17) is 8.83 Å². The SMILES string of the molecule is C[CH]N(Cc1ccco1)Cc1ccco1. The molecule has 2 rings (SSSR count). The molecule has 0 bridgehead atoms. The van der Waals surface area contributed by atoms with Crippen LogP contribution in [0.1, 0.15) is 18.4 Å². The summed E-state index contributed by atoms with van der Waals surface area (Å²) in [4.78, 5) is 2.14. The van der Waals surface area contributed by atoms with Gasteiger partial charge in [-0.3, -0.25) is 4.90 Å². The van der Waals surface area contributed by atoms with Gasteiger partial charge in [-0.25, -0.2) is 0 Å². The first-order valence-electron chi connectivity index (χ1n) is 4.97. The third-order valence-corrected chi connectivity index (χ3v) is 2.24. The number of hydrogen-bond acceptors (Lipinski definition) is 3. The Bertz CT molecular complexity index is 328. The Hall–Kier alpha value is -1.48. The van der Waals surface area contributed by atoms with Crippen LogP contribution >= 0.6 is 0 Å². The highest BCUT2D eigenvalue weighted by atomic mass is 16.3. The fraction of sp³-hybridized carbons (Fsp3) is 0.250. The molecule has 3 heteroatoms. The monoisotopic (exact) mass is 204 g/mol. The molecule has 0 unspecified atom stereocenters. The van der Waals surface area contributed by atoms with Gasteiger partial charge in [0.25, 0.3) is 0 Å². The van der Waals surface area contributed by atoms with Gasteiger partial charge in [0.05, 0.1) is 25.6 Å². The van der Waals surface area contributed by atoms with Gasteiger partial charge in [-0.2, -0.15) is 0 Å². The minimum absolute atomic E-state index is 0.768. The first-order chi connectivity index (χ1) is 7.38. The Balaban J connectivity index is 1.93. The maximum absolute atomic E-state index is 5.29. The average molecular weight is 204 g/mol. The molecule has 15 heavy (non-hydrogen) atoms. The summed E-state index contributed by atoms with van der Waals surface area (Å²) in [7, 11) is 0. The van der Waals surface area contributed by atoms with Crippen LogP contribution in [0.25, 0.3) is 0 Å². The molecule has 0 aliphatic rings. The van der Waals surface area contributed by atoms with Crippen molar-refractivity contribution in [3.8, 4) is 0 Å². The fourth-order valence-corrected chi connectivity index (χ4v) is 1.44. The summed E-state index contributed by atoms with van der Waals surface area (Å²) in [6, 6.07) is 7.74. The van der Waals surface area contributed by atoms with Gasteiger partial charge in [0.1, 0.15) is 11.5 Å². The van der Waals surface area contributed by atoms with E-state index in [1.807, 2.05) is 37.7 Å². The Morgan fingerprint density at radius 3 is 1.93 bits per heavy atom. The standard InChI is InChI=1S/C12H14NO2/c1-2-13(9-11-5-3-7-14-11)10-12-6-4-8-15-12/h2-8H,9-10H2,1H3. The Morgan fingerprint density at radius 2 is 1.60 bits per heavy atom. The van der Waals surface area contributed by atoms with E-state index in [2.05, 4.69) is 4.90 Å². The molecular formula is C12H14NO2. The quantitative estimate of drug-likeness (QED) is 0.749. The lowest BCUT2D eigenvalue weighted by atomic mass is 10.3. The van der Waals surface area contributed by atoms with Crippen LogP contribution in [0, 0.1) is 6.54 Å². The van der Waals surface area contributed by atoms with Crippen molar-refractivity contribution < 1.29 is 8.83 Å². The van der Waals surface area contributed by atoms with E-state index >= 15 is 0 Å². The maximum Gasteiger partial charge on any atom is 0.117 e. The van der Waals surface area contributed by atoms with Crippen LogP contribution in [0.5, 0.6) is 0 Å². The first kappa shape index (κ1) is 10.1. The largest absolute Gasteiger partial charge is 0.468 e. The summed E-state index contributed by atoms with van der Waals surface area (Å²) in [6.07, 6.45) is 3.38. The van der Waals surface area contributed by atoms with Gasteiger partial charge in [0, 0.05) is 6.54 Å². The Labute approximate surface area is 89.3 Å². The van der Waals surface area contributed by atoms with Crippen molar-refractivity contribution in [2.45, 2.75) is 20.0 Å². The summed E-state index contributed by atoms with van der Waals surface area (Å²) >= 11 is 0. The number of hydrogen-bond donors (Lipinski definition) is 0. The van der Waals surface area contributed by atoms with Crippen molar-refractivity contribution in [2.24, 2.45) is 0 Å². The molecule has 1 radical (unpaired) electrons. The zero-order valence-electron chi connectivity index (χ0n) is 8.72. The van der Waals surface area contributed by atoms with E-state index in [0.29, 0.717) is 0 Å². The van der Waals surface area contributed by atoms with Gasteiger partial charge < -0.3 is 8.83 Å². The smallest absolute Gasteiger partial charge is 0.117 e. The van der Waals surface area contributed by atoms with Crippen LogP contribution in [0.4, 0.5) is 0 Å². The molecule has 2 aromatic rings. The lowest BCUT2D eigenvalue weighted by molar-refractivity contribution is 0.267. The molecule has 79 valence electrons. The van der Waals surface area contributed by atoms with Crippen molar-refractivity contribution in [1.82, 2.24) is 4.90 Å². The summed E-state index contributed by atoms with van der Waals surface area (Å²) in [5.74, 6) is 1.92.